The Balaban J connectivity index is 0.000000161. The molecule has 8 atom stereocenters. The molecule has 324 valence electrons. The molecule has 2 aliphatic rings. The molecule has 17 nitrogen and oxygen atoms in total. The first-order chi connectivity index (χ1) is 30.4. The van der Waals surface area contributed by atoms with Crippen LogP contribution in [-0.2, 0) is 17.6 Å². The summed E-state index contributed by atoms with van der Waals surface area (Å²) in [5.41, 5.74) is 10.7. The number of anilines is 2. The summed E-state index contributed by atoms with van der Waals surface area (Å²) >= 11 is 12.3. The van der Waals surface area contributed by atoms with Crippen molar-refractivity contribution in [3.8, 4) is 0 Å². The van der Waals surface area contributed by atoms with Crippen molar-refractivity contribution in [2.24, 2.45) is 11.8 Å². The molecule has 0 saturated heterocycles. The molecule has 6 aromatic heterocycles. The number of nitrogen functional groups attached to an aromatic ring is 1. The monoisotopic (exact) mass is 890 g/mol. The molecule has 8 aromatic rings. The van der Waals surface area contributed by atoms with E-state index in [2.05, 4.69) is 45.2 Å². The molecule has 0 bridgehead atoms. The molecule has 2 aromatic carbocycles. The lowest BCUT2D eigenvalue weighted by Gasteiger charge is -2.19. The molecule has 7 N–H and O–H groups in total. The second kappa shape index (κ2) is 17.7. The van der Waals surface area contributed by atoms with E-state index in [0.29, 0.717) is 40.9 Å². The topological polar surface area (TPSA) is 249 Å². The predicted molar refractivity (Wildman–Crippen MR) is 238 cm³/mol. The molecule has 2 aliphatic carbocycles. The van der Waals surface area contributed by atoms with E-state index in [0.717, 1.165) is 63.0 Å². The smallest absolute Gasteiger partial charge is 0.229 e. The summed E-state index contributed by atoms with van der Waals surface area (Å²) in [6.45, 7) is 1.41. The summed E-state index contributed by atoms with van der Waals surface area (Å²) in [6.07, 6.45) is 10.7. The van der Waals surface area contributed by atoms with Gasteiger partial charge >= 0.3 is 0 Å². The van der Waals surface area contributed by atoms with Gasteiger partial charge in [0.15, 0.2) is 0 Å². The van der Waals surface area contributed by atoms with E-state index in [1.165, 1.54) is 19.6 Å². The third kappa shape index (κ3) is 8.59. The lowest BCUT2D eigenvalue weighted by atomic mass is 9.95. The molecule has 6 heterocycles. The lowest BCUT2D eigenvalue weighted by Crippen LogP contribution is -2.29. The van der Waals surface area contributed by atoms with Crippen molar-refractivity contribution in [2.45, 2.75) is 81.9 Å². The fraction of sp³-hybridized carbons (Fsp3) is 0.341. The van der Waals surface area contributed by atoms with Crippen LogP contribution in [0.25, 0.3) is 43.9 Å². The van der Waals surface area contributed by atoms with Crippen molar-refractivity contribution in [1.29, 1.82) is 0 Å². The van der Waals surface area contributed by atoms with Gasteiger partial charge in [-0.1, -0.05) is 47.5 Å². The van der Waals surface area contributed by atoms with E-state index in [1.807, 2.05) is 70.1 Å². The van der Waals surface area contributed by atoms with E-state index in [9.17, 15) is 25.2 Å². The van der Waals surface area contributed by atoms with Crippen molar-refractivity contribution in [3.63, 3.8) is 0 Å². The number of aromatic nitrogens is 10. The highest BCUT2D eigenvalue weighted by atomic mass is 35.5. The number of aliphatic hydroxyl groups excluding tert-OH is 4. The fourth-order valence-corrected chi connectivity index (χ4v) is 9.51. The third-order valence-corrected chi connectivity index (χ3v) is 13.0. The number of nitrogens with zero attached hydrogens (tertiary/aromatic N) is 10. The summed E-state index contributed by atoms with van der Waals surface area (Å²) in [4.78, 5) is 44.7. The minimum atomic E-state index is -0.899. The van der Waals surface area contributed by atoms with Gasteiger partial charge in [-0.3, -0.25) is 10.1 Å². The molecule has 0 unspecified atom stereocenters. The van der Waals surface area contributed by atoms with Crippen LogP contribution >= 0.6 is 23.2 Å². The number of benzene rings is 2. The first-order valence-corrected chi connectivity index (χ1v) is 21.4. The molecule has 63 heavy (non-hydrogen) atoms. The standard InChI is InChI=1S/C23H23ClN6O3.C21H21ClN6O2/c1-12(31)28-23-25-10-15-5-3-13(8-17(15)29-23)2-4-14-9-18(20(33)19(14)32)30-7-6-16-21(24)26-11-27-22(16)30;22-19-14-5-6-28(20(14)26-10-25-19)16-8-12(17(29)18(16)30)3-1-11-2-4-13-9-24-21(23)27-15(13)7-11/h3,5-8,10-11,14,18-20,32-33H,2,4,9H2,1H3,(H,25,28,29,31);2,4-7,9-10,12,16-18,29-30H,1,3,8H2,(H2,23,24,27)/t14-,18+,19+,20-;12-,16+,17+,18-/m00/s1. The average molecular weight is 892 g/mol. The Morgan fingerprint density at radius 1 is 0.683 bits per heavy atom. The second-order valence-corrected chi connectivity index (χ2v) is 17.0. The van der Waals surface area contributed by atoms with Gasteiger partial charge in [0.1, 0.15) is 46.5 Å². The van der Waals surface area contributed by atoms with Crippen LogP contribution in [-0.4, -0.2) is 99.8 Å². The minimum absolute atomic E-state index is 0.0362. The molecular formula is C44H44Cl2N12O5. The fourth-order valence-electron chi connectivity index (χ4n) is 9.12. The van der Waals surface area contributed by atoms with Crippen LogP contribution in [0.3, 0.4) is 0 Å². The normalized spacial score (nSPS) is 23.4. The Labute approximate surface area is 370 Å². The number of hydrogen-bond donors (Lipinski definition) is 6. The van der Waals surface area contributed by atoms with Crippen molar-refractivity contribution in [2.75, 3.05) is 11.1 Å². The zero-order chi connectivity index (χ0) is 43.9. The first-order valence-electron chi connectivity index (χ1n) is 20.6. The van der Waals surface area contributed by atoms with Crippen molar-refractivity contribution < 1.29 is 25.2 Å². The van der Waals surface area contributed by atoms with E-state index < -0.39 is 24.4 Å². The van der Waals surface area contributed by atoms with Gasteiger partial charge in [-0.15, -0.1) is 0 Å². The van der Waals surface area contributed by atoms with Crippen LogP contribution in [0.2, 0.25) is 10.3 Å². The number of fused-ring (bicyclic) bond motifs is 4. The zero-order valence-corrected chi connectivity index (χ0v) is 35.5. The summed E-state index contributed by atoms with van der Waals surface area (Å²) in [5, 5.41) is 49.5. The molecule has 0 radical (unpaired) electrons. The highest BCUT2D eigenvalue weighted by Crippen LogP contribution is 2.41. The molecule has 10 rings (SSSR count). The van der Waals surface area contributed by atoms with Crippen LogP contribution in [0.5, 0.6) is 0 Å². The molecule has 1 amide bonds. The van der Waals surface area contributed by atoms with Gasteiger partial charge in [-0.2, -0.15) is 0 Å². The van der Waals surface area contributed by atoms with Crippen molar-refractivity contribution in [1.82, 2.24) is 49.0 Å². The number of aliphatic hydroxyl groups is 4. The Morgan fingerprint density at radius 2 is 1.17 bits per heavy atom. The number of hydrogen-bond acceptors (Lipinski definition) is 14. The van der Waals surface area contributed by atoms with Crippen molar-refractivity contribution >= 4 is 84.9 Å². The van der Waals surface area contributed by atoms with Crippen LogP contribution < -0.4 is 11.1 Å². The molecule has 19 heteroatoms. The van der Waals surface area contributed by atoms with Crippen molar-refractivity contribution in [3.05, 3.63) is 107 Å². The predicted octanol–water partition coefficient (Wildman–Crippen LogP) is 5.43. The number of carbonyl (C=O) groups is 1. The molecule has 0 spiro atoms. The maximum atomic E-state index is 11.3. The van der Waals surface area contributed by atoms with Crippen LogP contribution in [0.4, 0.5) is 11.9 Å². The highest BCUT2D eigenvalue weighted by Gasteiger charge is 2.43. The van der Waals surface area contributed by atoms with Gasteiger partial charge in [-0.25, -0.2) is 39.9 Å². The molecular weight excluding hydrogens is 847 g/mol. The molecule has 0 aliphatic heterocycles. The summed E-state index contributed by atoms with van der Waals surface area (Å²) in [6, 6.07) is 15.0. The number of halogens is 2. The van der Waals surface area contributed by atoms with Gasteiger partial charge < -0.3 is 35.3 Å². The number of nitrogens with two attached hydrogens (primary N) is 1. The maximum absolute atomic E-state index is 11.3. The van der Waals surface area contributed by atoms with Crippen LogP contribution in [0.1, 0.15) is 55.8 Å². The third-order valence-electron chi connectivity index (χ3n) is 12.4. The summed E-state index contributed by atoms with van der Waals surface area (Å²) in [5.74, 6) is 0.187. The number of rotatable bonds is 9. The minimum Gasteiger partial charge on any atom is -0.390 e. The van der Waals surface area contributed by atoms with E-state index in [4.69, 9.17) is 28.9 Å². The number of nitrogens with one attached hydrogen (secondary N) is 1. The zero-order valence-electron chi connectivity index (χ0n) is 33.9. The SMILES string of the molecule is CC(=O)Nc1ncc2ccc(CC[C@H]3C[C@@H](n4ccc5c(Cl)ncnc54)[C@H](O)[C@@H]3O)cc2n1.Nc1ncc2ccc(CC[C@H]3C[C@@H](n4ccc5c(Cl)ncnc54)[C@H](O)[C@@H]3O)cc2n1. The quantitative estimate of drug-likeness (QED) is 0.0990. The molecule has 2 saturated carbocycles. The largest absolute Gasteiger partial charge is 0.390 e. The van der Waals surface area contributed by atoms with Crippen LogP contribution in [0.15, 0.2) is 86.0 Å². The van der Waals surface area contributed by atoms with Gasteiger partial charge in [0.2, 0.25) is 17.8 Å². The average Bonchev–Trinajstić information content (AvgIpc) is 4.04. The Kier molecular flexibility index (Phi) is 11.9. The van der Waals surface area contributed by atoms with Gasteiger partial charge in [-0.05, 0) is 85.8 Å². The Morgan fingerprint density at radius 3 is 1.68 bits per heavy atom. The maximum Gasteiger partial charge on any atom is 0.229 e. The Bertz CT molecular complexity index is 2970. The first kappa shape index (κ1) is 42.4. The van der Waals surface area contributed by atoms with E-state index in [-0.39, 0.29) is 41.7 Å². The second-order valence-electron chi connectivity index (χ2n) is 16.3. The lowest BCUT2D eigenvalue weighted by molar-refractivity contribution is -0.114. The summed E-state index contributed by atoms with van der Waals surface area (Å²) in [7, 11) is 0. The Hall–Kier alpha value is -5.95. The number of carbonyl (C=O) groups excluding carboxylic acids is 1. The highest BCUT2D eigenvalue weighted by molar-refractivity contribution is 6.34. The van der Waals surface area contributed by atoms with Gasteiger partial charge in [0, 0.05) is 42.5 Å². The van der Waals surface area contributed by atoms with E-state index >= 15 is 0 Å². The van der Waals surface area contributed by atoms with Gasteiger partial charge in [0.25, 0.3) is 0 Å². The van der Waals surface area contributed by atoms with E-state index in [1.54, 1.807) is 12.4 Å². The van der Waals surface area contributed by atoms with Crippen LogP contribution in [0, 0.1) is 11.8 Å². The summed E-state index contributed by atoms with van der Waals surface area (Å²) < 4.78 is 3.78. The number of aryl methyl sites for hydroxylation is 2. The number of amides is 1. The molecule has 2 fully saturated rings. The van der Waals surface area contributed by atoms with Gasteiger partial charge in [0.05, 0.1) is 46.1 Å².